The molecule has 5 nitrogen and oxygen atoms in total. The van der Waals surface area contributed by atoms with Crippen molar-refractivity contribution in [2.45, 2.75) is 151 Å². The van der Waals surface area contributed by atoms with E-state index in [9.17, 15) is 9.59 Å². The van der Waals surface area contributed by atoms with E-state index in [2.05, 4.69) is 79.0 Å². The average molecular weight is 504 g/mol. The maximum atomic E-state index is 13.4. The van der Waals surface area contributed by atoms with E-state index in [0.717, 1.165) is 64.5 Å². The molecule has 2 saturated heterocycles. The quantitative estimate of drug-likeness (QED) is 0.368. The molecule has 3 aliphatic rings. The van der Waals surface area contributed by atoms with Crippen molar-refractivity contribution in [2.24, 2.45) is 27.4 Å². The van der Waals surface area contributed by atoms with Gasteiger partial charge in [-0.2, -0.15) is 0 Å². The van der Waals surface area contributed by atoms with E-state index in [1.807, 2.05) is 0 Å². The monoisotopic (exact) mass is 503 g/mol. The van der Waals surface area contributed by atoms with E-state index in [1.54, 1.807) is 0 Å². The summed E-state index contributed by atoms with van der Waals surface area (Å²) in [5, 5.41) is 0. The maximum absolute atomic E-state index is 13.4. The summed E-state index contributed by atoms with van der Waals surface area (Å²) >= 11 is 0. The van der Waals surface area contributed by atoms with Crippen LogP contribution >= 0.6 is 0 Å². The zero-order valence-corrected chi connectivity index (χ0v) is 25.4. The first-order valence-electron chi connectivity index (χ1n) is 14.7. The summed E-state index contributed by atoms with van der Waals surface area (Å²) in [4.78, 5) is 31.0. The van der Waals surface area contributed by atoms with Crippen LogP contribution in [0.2, 0.25) is 0 Å². The Morgan fingerprint density at radius 1 is 0.889 bits per heavy atom. The van der Waals surface area contributed by atoms with Crippen LogP contribution in [-0.2, 0) is 9.59 Å². The molecule has 0 aromatic heterocycles. The molecule has 3 fully saturated rings. The molecule has 208 valence electrons. The van der Waals surface area contributed by atoms with Crippen molar-refractivity contribution in [1.29, 1.82) is 0 Å². The van der Waals surface area contributed by atoms with Gasteiger partial charge in [0.05, 0.1) is 0 Å². The third kappa shape index (κ3) is 4.99. The van der Waals surface area contributed by atoms with Gasteiger partial charge >= 0.3 is 0 Å². The molecular weight excluding hydrogens is 446 g/mol. The number of carbonyl (C=O) groups is 2. The third-order valence-corrected chi connectivity index (χ3v) is 11.5. The summed E-state index contributed by atoms with van der Waals surface area (Å²) in [7, 11) is 0. The first kappa shape index (κ1) is 29.5. The lowest BCUT2D eigenvalue weighted by atomic mass is 9.57. The Kier molecular flexibility index (Phi) is 7.84. The van der Waals surface area contributed by atoms with Gasteiger partial charge in [-0.1, -0.05) is 68.2 Å². The van der Waals surface area contributed by atoms with Gasteiger partial charge < -0.3 is 15.5 Å². The lowest BCUT2D eigenvalue weighted by Crippen LogP contribution is -2.59. The molecule has 3 atom stereocenters. The van der Waals surface area contributed by atoms with Crippen molar-refractivity contribution in [2.75, 3.05) is 13.1 Å². The van der Waals surface area contributed by atoms with Crippen LogP contribution in [0.3, 0.4) is 0 Å². The van der Waals surface area contributed by atoms with Gasteiger partial charge in [0.15, 0.2) is 0 Å². The predicted molar refractivity (Wildman–Crippen MR) is 150 cm³/mol. The van der Waals surface area contributed by atoms with E-state index >= 15 is 0 Å². The molecule has 0 aromatic carbocycles. The summed E-state index contributed by atoms with van der Waals surface area (Å²) in [6.07, 6.45) is 9.39. The second-order valence-corrected chi connectivity index (χ2v) is 15.3. The van der Waals surface area contributed by atoms with Gasteiger partial charge in [-0.3, -0.25) is 9.59 Å². The minimum atomic E-state index is -0.370. The van der Waals surface area contributed by atoms with Crippen LogP contribution in [0.1, 0.15) is 133 Å². The summed E-state index contributed by atoms with van der Waals surface area (Å²) in [6.45, 7) is 24.9. The lowest BCUT2D eigenvalue weighted by molar-refractivity contribution is -0.141. The van der Waals surface area contributed by atoms with Crippen LogP contribution in [-0.4, -0.2) is 51.8 Å². The molecule has 0 aromatic rings. The lowest BCUT2D eigenvalue weighted by Gasteiger charge is -2.55. The van der Waals surface area contributed by atoms with E-state index < -0.39 is 0 Å². The normalized spacial score (nSPS) is 29.5. The number of rotatable bonds is 10. The molecule has 2 heterocycles. The minimum absolute atomic E-state index is 0.0635. The summed E-state index contributed by atoms with van der Waals surface area (Å²) in [5.41, 5.74) is 6.11. The van der Waals surface area contributed by atoms with Crippen molar-refractivity contribution in [3.8, 4) is 0 Å². The molecule has 3 rings (SSSR count). The highest BCUT2D eigenvalue weighted by Crippen LogP contribution is 2.73. The molecule has 2 amide bonds. The zero-order valence-electron chi connectivity index (χ0n) is 25.4. The van der Waals surface area contributed by atoms with Crippen molar-refractivity contribution in [3.63, 3.8) is 0 Å². The molecule has 5 heteroatoms. The molecule has 2 aliphatic heterocycles. The standard InChI is InChI=1S/C31H57N3O2/c1-11-26(2,3)30(10)22-31(30,34-19-15-17-25(34)36)21-27(4,5)29(8,9)23(20-28(6,7)32)33-18-14-12-13-16-24(33)35/h23H,11-22,32H2,1-10H3. The Hall–Kier alpha value is -1.10. The zero-order chi connectivity index (χ0) is 27.4. The Morgan fingerprint density at radius 2 is 1.50 bits per heavy atom. The number of hydrogen-bond acceptors (Lipinski definition) is 3. The summed E-state index contributed by atoms with van der Waals surface area (Å²) in [5.74, 6) is 0.625. The summed E-state index contributed by atoms with van der Waals surface area (Å²) < 4.78 is 0. The first-order valence-corrected chi connectivity index (χ1v) is 14.7. The van der Waals surface area contributed by atoms with E-state index in [1.165, 1.54) is 0 Å². The van der Waals surface area contributed by atoms with Crippen LogP contribution in [0.15, 0.2) is 0 Å². The highest BCUT2D eigenvalue weighted by molar-refractivity contribution is 5.80. The number of nitrogens with zero attached hydrogens (tertiary/aromatic N) is 2. The van der Waals surface area contributed by atoms with Crippen molar-refractivity contribution in [1.82, 2.24) is 9.80 Å². The van der Waals surface area contributed by atoms with E-state index in [4.69, 9.17) is 5.73 Å². The molecule has 0 spiro atoms. The predicted octanol–water partition coefficient (Wildman–Crippen LogP) is 6.53. The maximum Gasteiger partial charge on any atom is 0.223 e. The fraction of sp³-hybridized carbons (Fsp3) is 0.935. The molecule has 3 unspecified atom stereocenters. The molecule has 36 heavy (non-hydrogen) atoms. The van der Waals surface area contributed by atoms with Crippen molar-refractivity contribution >= 4 is 11.8 Å². The van der Waals surface area contributed by atoms with Crippen molar-refractivity contribution in [3.05, 3.63) is 0 Å². The molecule has 0 radical (unpaired) electrons. The van der Waals surface area contributed by atoms with Gasteiger partial charge in [0.1, 0.15) is 0 Å². The Bertz CT molecular complexity index is 839. The van der Waals surface area contributed by atoms with Crippen LogP contribution < -0.4 is 5.73 Å². The number of amides is 2. The number of carbonyl (C=O) groups excluding carboxylic acids is 2. The van der Waals surface area contributed by atoms with Crippen LogP contribution in [0, 0.1) is 21.7 Å². The average Bonchev–Trinajstić information content (AvgIpc) is 3.21. The van der Waals surface area contributed by atoms with Gasteiger partial charge in [-0.05, 0) is 74.0 Å². The van der Waals surface area contributed by atoms with E-state index in [0.29, 0.717) is 24.7 Å². The minimum Gasteiger partial charge on any atom is -0.339 e. The second-order valence-electron chi connectivity index (χ2n) is 15.3. The highest BCUT2D eigenvalue weighted by atomic mass is 16.2. The fourth-order valence-electron chi connectivity index (χ4n) is 7.64. The van der Waals surface area contributed by atoms with Gasteiger partial charge in [0.2, 0.25) is 11.8 Å². The first-order chi connectivity index (χ1) is 16.4. The molecule has 1 saturated carbocycles. The molecule has 2 N–H and O–H groups in total. The topological polar surface area (TPSA) is 66.6 Å². The van der Waals surface area contributed by atoms with Crippen molar-refractivity contribution < 1.29 is 9.59 Å². The highest BCUT2D eigenvalue weighted by Gasteiger charge is 2.74. The van der Waals surface area contributed by atoms with Gasteiger partial charge in [-0.25, -0.2) is 0 Å². The largest absolute Gasteiger partial charge is 0.339 e. The molecule has 1 aliphatic carbocycles. The second kappa shape index (κ2) is 9.58. The van der Waals surface area contributed by atoms with Gasteiger partial charge in [-0.15, -0.1) is 0 Å². The van der Waals surface area contributed by atoms with Crippen LogP contribution in [0.25, 0.3) is 0 Å². The molecule has 0 bridgehead atoms. The number of likely N-dealkylation sites (tertiary alicyclic amines) is 2. The Morgan fingerprint density at radius 3 is 2.03 bits per heavy atom. The van der Waals surface area contributed by atoms with E-state index in [-0.39, 0.29) is 38.8 Å². The van der Waals surface area contributed by atoms with Gasteiger partial charge in [0, 0.05) is 43.1 Å². The SMILES string of the molecule is CCC(C)(C)C1(C)CC1(CC(C)(C)C(C)(C)C(CC(C)(C)N)N1CCCCCC1=O)N1CCCC1=O. The molecular formula is C31H57N3O2. The number of nitrogens with two attached hydrogens (primary N) is 1. The third-order valence-electron chi connectivity index (χ3n) is 11.5. The smallest absolute Gasteiger partial charge is 0.223 e. The Balaban J connectivity index is 2.03. The van der Waals surface area contributed by atoms with Gasteiger partial charge in [0.25, 0.3) is 0 Å². The fourth-order valence-corrected chi connectivity index (χ4v) is 7.64. The van der Waals surface area contributed by atoms with Crippen LogP contribution in [0.5, 0.6) is 0 Å². The van der Waals surface area contributed by atoms with Crippen LogP contribution in [0.4, 0.5) is 0 Å². The Labute approximate surface area is 222 Å². The summed E-state index contributed by atoms with van der Waals surface area (Å²) in [6, 6.07) is 0.0635. The number of hydrogen-bond donors (Lipinski definition) is 1.